The van der Waals surface area contributed by atoms with E-state index in [1.54, 1.807) is 24.1 Å². The molecule has 1 aromatic heterocycles. The highest BCUT2D eigenvalue weighted by atomic mass is 16.6. The van der Waals surface area contributed by atoms with E-state index >= 15 is 0 Å². The first-order chi connectivity index (χ1) is 13.8. The molecule has 0 radical (unpaired) electrons. The molecule has 1 aromatic carbocycles. The minimum atomic E-state index is -0.487. The Balaban J connectivity index is 1.44. The molecule has 2 amide bonds. The maximum atomic E-state index is 12.4. The minimum Gasteiger partial charge on any atom is -0.493 e. The molecule has 1 aliphatic heterocycles. The summed E-state index contributed by atoms with van der Waals surface area (Å²) in [6.07, 6.45) is -0.272. The Bertz CT molecular complexity index is 863. The number of piperazine rings is 1. The van der Waals surface area contributed by atoms with Crippen LogP contribution < -0.4 is 10.1 Å². The Hall–Kier alpha value is -2.74. The molecule has 0 spiro atoms. The zero-order chi connectivity index (χ0) is 21.0. The lowest BCUT2D eigenvalue weighted by molar-refractivity contribution is 0.0147. The molecule has 158 valence electrons. The van der Waals surface area contributed by atoms with Crippen molar-refractivity contribution in [3.8, 4) is 5.75 Å². The number of nitrogens with zero attached hydrogens (tertiary/aromatic N) is 2. The predicted octanol–water partition coefficient (Wildman–Crippen LogP) is 2.72. The second-order valence-electron chi connectivity index (χ2n) is 8.05. The van der Waals surface area contributed by atoms with Gasteiger partial charge in [0, 0.05) is 44.7 Å². The van der Waals surface area contributed by atoms with Gasteiger partial charge in [-0.05, 0) is 32.9 Å². The van der Waals surface area contributed by atoms with Crippen molar-refractivity contribution in [2.24, 2.45) is 0 Å². The number of carbonyl (C=O) groups is 2. The second-order valence-corrected chi connectivity index (χ2v) is 8.05. The number of methoxy groups -OCH3 is 1. The van der Waals surface area contributed by atoms with Crippen LogP contribution in [0, 0.1) is 0 Å². The number of carbonyl (C=O) groups excluding carboxylic acids is 2. The van der Waals surface area contributed by atoms with Crippen LogP contribution in [0.1, 0.15) is 31.3 Å². The predicted molar refractivity (Wildman–Crippen MR) is 109 cm³/mol. The molecular weight excluding hydrogens is 374 g/mol. The molecule has 1 aliphatic rings. The number of benzene rings is 1. The third kappa shape index (κ3) is 5.41. The van der Waals surface area contributed by atoms with Crippen LogP contribution in [0.25, 0.3) is 11.0 Å². The fourth-order valence-corrected chi connectivity index (χ4v) is 3.20. The minimum absolute atomic E-state index is 0.254. The van der Waals surface area contributed by atoms with E-state index in [1.807, 2.05) is 32.9 Å². The number of rotatable bonds is 5. The summed E-state index contributed by atoms with van der Waals surface area (Å²) in [6, 6.07) is 7.24. The van der Waals surface area contributed by atoms with Crippen molar-refractivity contribution in [3.63, 3.8) is 0 Å². The molecule has 1 fully saturated rings. The molecule has 2 heterocycles. The number of furan rings is 1. The summed E-state index contributed by atoms with van der Waals surface area (Å²) in [4.78, 5) is 28.4. The van der Waals surface area contributed by atoms with Crippen LogP contribution in [0.5, 0.6) is 5.75 Å². The lowest BCUT2D eigenvalue weighted by Crippen LogP contribution is -2.51. The maximum absolute atomic E-state index is 12.4. The lowest BCUT2D eigenvalue weighted by Gasteiger charge is -2.35. The maximum Gasteiger partial charge on any atom is 0.410 e. The number of ether oxygens (including phenoxy) is 2. The van der Waals surface area contributed by atoms with Crippen LogP contribution in [0.4, 0.5) is 4.79 Å². The number of hydrogen-bond donors (Lipinski definition) is 1. The molecule has 0 aliphatic carbocycles. The molecule has 29 heavy (non-hydrogen) atoms. The molecule has 0 saturated carbocycles. The van der Waals surface area contributed by atoms with Gasteiger partial charge in [-0.1, -0.05) is 12.1 Å². The largest absolute Gasteiger partial charge is 0.493 e. The van der Waals surface area contributed by atoms with Crippen molar-refractivity contribution in [1.29, 1.82) is 0 Å². The second kappa shape index (κ2) is 8.73. The number of nitrogens with one attached hydrogen (secondary N) is 1. The number of fused-ring (bicyclic) bond motifs is 1. The summed E-state index contributed by atoms with van der Waals surface area (Å²) in [5, 5.41) is 3.72. The number of hydrogen-bond acceptors (Lipinski definition) is 6. The van der Waals surface area contributed by atoms with Crippen molar-refractivity contribution < 1.29 is 23.5 Å². The van der Waals surface area contributed by atoms with Crippen molar-refractivity contribution in [1.82, 2.24) is 15.1 Å². The molecule has 1 saturated heterocycles. The van der Waals surface area contributed by atoms with Crippen molar-refractivity contribution in [2.75, 3.05) is 46.4 Å². The molecule has 8 nitrogen and oxygen atoms in total. The Labute approximate surface area is 170 Å². The van der Waals surface area contributed by atoms with Gasteiger partial charge in [-0.3, -0.25) is 9.69 Å². The van der Waals surface area contributed by atoms with E-state index in [2.05, 4.69) is 10.2 Å². The summed E-state index contributed by atoms with van der Waals surface area (Å²) < 4.78 is 16.3. The zero-order valence-corrected chi connectivity index (χ0v) is 17.5. The van der Waals surface area contributed by atoms with Crippen molar-refractivity contribution in [2.45, 2.75) is 26.4 Å². The van der Waals surface area contributed by atoms with E-state index < -0.39 is 5.60 Å². The smallest absolute Gasteiger partial charge is 0.410 e. The zero-order valence-electron chi connectivity index (χ0n) is 17.5. The monoisotopic (exact) mass is 403 g/mol. The summed E-state index contributed by atoms with van der Waals surface area (Å²) in [6.45, 7) is 9.52. The molecule has 8 heteroatoms. The van der Waals surface area contributed by atoms with Crippen LogP contribution in [0.15, 0.2) is 28.7 Å². The highest BCUT2D eigenvalue weighted by molar-refractivity contribution is 5.97. The summed E-state index contributed by atoms with van der Waals surface area (Å²) in [5.41, 5.74) is 0.0810. The van der Waals surface area contributed by atoms with E-state index in [-0.39, 0.29) is 17.8 Å². The van der Waals surface area contributed by atoms with E-state index in [4.69, 9.17) is 13.9 Å². The first kappa shape index (κ1) is 21.0. The molecule has 1 N–H and O–H groups in total. The van der Waals surface area contributed by atoms with Gasteiger partial charge in [-0.15, -0.1) is 0 Å². The summed E-state index contributed by atoms with van der Waals surface area (Å²) in [5.74, 6) is 0.610. The van der Waals surface area contributed by atoms with Gasteiger partial charge in [-0.25, -0.2) is 4.79 Å². The number of para-hydroxylation sites is 1. The van der Waals surface area contributed by atoms with E-state index in [0.29, 0.717) is 37.5 Å². The summed E-state index contributed by atoms with van der Waals surface area (Å²) in [7, 11) is 1.57. The van der Waals surface area contributed by atoms with Gasteiger partial charge in [-0.2, -0.15) is 0 Å². The molecule has 0 unspecified atom stereocenters. The number of amides is 2. The van der Waals surface area contributed by atoms with E-state index in [9.17, 15) is 9.59 Å². The lowest BCUT2D eigenvalue weighted by atomic mass is 10.2. The van der Waals surface area contributed by atoms with Gasteiger partial charge in [0.15, 0.2) is 17.1 Å². The van der Waals surface area contributed by atoms with E-state index in [1.165, 1.54) is 0 Å². The Morgan fingerprint density at radius 1 is 1.17 bits per heavy atom. The third-order valence-corrected chi connectivity index (χ3v) is 4.69. The quantitative estimate of drug-likeness (QED) is 0.826. The Kier molecular flexibility index (Phi) is 6.32. The van der Waals surface area contributed by atoms with Gasteiger partial charge in [0.25, 0.3) is 5.91 Å². The summed E-state index contributed by atoms with van der Waals surface area (Å²) >= 11 is 0. The molecular formula is C21H29N3O5. The average molecular weight is 403 g/mol. The standard InChI is InChI=1S/C21H29N3O5/c1-21(2,3)29-20(26)24-12-10-23(11-13-24)9-8-22-19(25)17-14-15-6-5-7-16(27-4)18(15)28-17/h5-7,14H,8-13H2,1-4H3,(H,22,25). The van der Waals surface area contributed by atoms with Crippen LogP contribution >= 0.6 is 0 Å². The molecule has 0 bridgehead atoms. The highest BCUT2D eigenvalue weighted by Crippen LogP contribution is 2.28. The Morgan fingerprint density at radius 3 is 2.55 bits per heavy atom. The average Bonchev–Trinajstić information content (AvgIpc) is 3.11. The van der Waals surface area contributed by atoms with Gasteiger partial charge in [0.05, 0.1) is 7.11 Å². The van der Waals surface area contributed by atoms with Gasteiger partial charge >= 0.3 is 6.09 Å². The normalized spacial score (nSPS) is 15.4. The Morgan fingerprint density at radius 2 is 1.90 bits per heavy atom. The topological polar surface area (TPSA) is 84.2 Å². The van der Waals surface area contributed by atoms with Crippen molar-refractivity contribution >= 4 is 23.0 Å². The van der Waals surface area contributed by atoms with Crippen LogP contribution in [0.3, 0.4) is 0 Å². The van der Waals surface area contributed by atoms with Crippen LogP contribution in [-0.4, -0.2) is 73.8 Å². The van der Waals surface area contributed by atoms with Gasteiger partial charge in [0.1, 0.15) is 5.60 Å². The van der Waals surface area contributed by atoms with Crippen molar-refractivity contribution in [3.05, 3.63) is 30.0 Å². The molecule has 0 atom stereocenters. The van der Waals surface area contributed by atoms with Crippen LogP contribution in [0.2, 0.25) is 0 Å². The first-order valence-corrected chi connectivity index (χ1v) is 9.82. The fourth-order valence-electron chi connectivity index (χ4n) is 3.20. The molecule has 3 rings (SSSR count). The highest BCUT2D eigenvalue weighted by Gasteiger charge is 2.25. The van der Waals surface area contributed by atoms with Gasteiger partial charge < -0.3 is 24.1 Å². The van der Waals surface area contributed by atoms with Gasteiger partial charge in [0.2, 0.25) is 0 Å². The fraction of sp³-hybridized carbons (Fsp3) is 0.524. The van der Waals surface area contributed by atoms with Crippen LogP contribution in [-0.2, 0) is 4.74 Å². The molecule has 2 aromatic rings. The SMILES string of the molecule is COc1cccc2cc(C(=O)NCCN3CCN(C(=O)OC(C)(C)C)CC3)oc12. The van der Waals surface area contributed by atoms with E-state index in [0.717, 1.165) is 18.5 Å². The first-order valence-electron chi connectivity index (χ1n) is 9.82. The third-order valence-electron chi connectivity index (χ3n) is 4.69.